The van der Waals surface area contributed by atoms with Crippen molar-refractivity contribution in [2.45, 2.75) is 26.2 Å². The molecule has 0 bridgehead atoms. The van der Waals surface area contributed by atoms with Crippen molar-refractivity contribution in [3.8, 4) is 0 Å². The average molecular weight is 494 g/mol. The Kier molecular flexibility index (Phi) is 6.60. The molecule has 12 heteroatoms. The van der Waals surface area contributed by atoms with Crippen LogP contribution in [0.5, 0.6) is 0 Å². The van der Waals surface area contributed by atoms with Gasteiger partial charge in [-0.1, -0.05) is 13.0 Å². The SMILES string of the molecule is C[C@@H]1CC[C@@H]2C(=O)N(N(CC(=O)c3ccc([N+](=O)[O-])cc3)C(=O)c3cccc([N+](=O)[O-])c3)C(=O)[C@H]2C1. The number of fused-ring (bicyclic) bond motifs is 1. The number of non-ortho nitro benzene ring substituents is 2. The maximum Gasteiger partial charge on any atom is 0.273 e. The van der Waals surface area contributed by atoms with E-state index in [0.717, 1.165) is 29.6 Å². The smallest absolute Gasteiger partial charge is 0.273 e. The summed E-state index contributed by atoms with van der Waals surface area (Å²) < 4.78 is 0. The molecule has 1 saturated heterocycles. The van der Waals surface area contributed by atoms with Gasteiger partial charge in [0.2, 0.25) is 0 Å². The average Bonchev–Trinajstić information content (AvgIpc) is 3.11. The molecule has 12 nitrogen and oxygen atoms in total. The van der Waals surface area contributed by atoms with Crippen LogP contribution in [0.4, 0.5) is 11.4 Å². The number of hydrogen-bond donors (Lipinski definition) is 0. The first-order chi connectivity index (χ1) is 17.1. The first kappa shape index (κ1) is 24.6. The lowest BCUT2D eigenvalue weighted by Gasteiger charge is -2.30. The fourth-order valence-electron chi connectivity index (χ4n) is 4.74. The molecule has 1 saturated carbocycles. The minimum absolute atomic E-state index is 0.0302. The monoisotopic (exact) mass is 494 g/mol. The summed E-state index contributed by atoms with van der Waals surface area (Å²) in [7, 11) is 0. The zero-order valence-corrected chi connectivity index (χ0v) is 19.2. The van der Waals surface area contributed by atoms with Crippen LogP contribution in [0.3, 0.4) is 0 Å². The van der Waals surface area contributed by atoms with Gasteiger partial charge in [-0.3, -0.25) is 39.4 Å². The summed E-state index contributed by atoms with van der Waals surface area (Å²) in [5.74, 6) is -3.79. The van der Waals surface area contributed by atoms with E-state index in [1.807, 2.05) is 6.92 Å². The molecule has 0 spiro atoms. The van der Waals surface area contributed by atoms with Gasteiger partial charge in [-0.25, -0.2) is 5.01 Å². The van der Waals surface area contributed by atoms with E-state index in [4.69, 9.17) is 0 Å². The van der Waals surface area contributed by atoms with Crippen LogP contribution in [0.2, 0.25) is 0 Å². The van der Waals surface area contributed by atoms with Crippen LogP contribution >= 0.6 is 0 Å². The summed E-state index contributed by atoms with van der Waals surface area (Å²) >= 11 is 0. The lowest BCUT2D eigenvalue weighted by molar-refractivity contribution is -0.385. The van der Waals surface area contributed by atoms with Gasteiger partial charge in [-0.2, -0.15) is 5.01 Å². The summed E-state index contributed by atoms with van der Waals surface area (Å²) in [5, 5.41) is 23.6. The van der Waals surface area contributed by atoms with Crippen molar-refractivity contribution >= 4 is 34.9 Å². The Hall–Kier alpha value is -4.48. The van der Waals surface area contributed by atoms with Gasteiger partial charge in [0.25, 0.3) is 29.1 Å². The number of Topliss-reactive ketones (excluding diaryl/α,β-unsaturated/α-hetero) is 1. The first-order valence-electron chi connectivity index (χ1n) is 11.3. The van der Waals surface area contributed by atoms with E-state index in [1.165, 1.54) is 30.3 Å². The molecule has 0 aromatic heterocycles. The Balaban J connectivity index is 1.70. The third kappa shape index (κ3) is 4.57. The van der Waals surface area contributed by atoms with Crippen molar-refractivity contribution in [1.82, 2.24) is 10.0 Å². The second-order valence-corrected chi connectivity index (χ2v) is 9.02. The molecule has 1 aliphatic heterocycles. The van der Waals surface area contributed by atoms with Crippen LogP contribution in [0.1, 0.15) is 46.9 Å². The van der Waals surface area contributed by atoms with Gasteiger partial charge in [-0.15, -0.1) is 0 Å². The largest absolute Gasteiger partial charge is 0.292 e. The highest BCUT2D eigenvalue weighted by atomic mass is 16.6. The molecule has 2 aromatic carbocycles. The van der Waals surface area contributed by atoms with Crippen molar-refractivity contribution in [2.24, 2.45) is 17.8 Å². The summed E-state index contributed by atoms with van der Waals surface area (Å²) in [6, 6.07) is 9.45. The summed E-state index contributed by atoms with van der Waals surface area (Å²) in [4.78, 5) is 73.9. The minimum Gasteiger partial charge on any atom is -0.292 e. The molecule has 3 amide bonds. The van der Waals surface area contributed by atoms with E-state index >= 15 is 0 Å². The highest BCUT2D eigenvalue weighted by Crippen LogP contribution is 2.41. The number of amides is 3. The number of hydrogen-bond acceptors (Lipinski definition) is 8. The van der Waals surface area contributed by atoms with Gasteiger partial charge < -0.3 is 0 Å². The number of carbonyl (C=O) groups excluding carboxylic acids is 4. The highest BCUT2D eigenvalue weighted by molar-refractivity contribution is 6.09. The molecule has 4 rings (SSSR count). The number of carbonyl (C=O) groups is 4. The third-order valence-electron chi connectivity index (χ3n) is 6.64. The Morgan fingerprint density at radius 1 is 0.917 bits per heavy atom. The van der Waals surface area contributed by atoms with E-state index in [9.17, 15) is 39.4 Å². The lowest BCUT2D eigenvalue weighted by atomic mass is 9.76. The van der Waals surface area contributed by atoms with Crippen molar-refractivity contribution < 1.29 is 29.0 Å². The van der Waals surface area contributed by atoms with Gasteiger partial charge >= 0.3 is 0 Å². The van der Waals surface area contributed by atoms with E-state index in [-0.39, 0.29) is 28.4 Å². The molecule has 3 atom stereocenters. The topological polar surface area (TPSA) is 161 Å². The van der Waals surface area contributed by atoms with Crippen molar-refractivity contribution in [3.05, 3.63) is 79.9 Å². The van der Waals surface area contributed by atoms with Gasteiger partial charge in [0, 0.05) is 35.4 Å². The number of nitrogens with zero attached hydrogens (tertiary/aromatic N) is 4. The molecule has 0 N–H and O–H groups in total. The normalized spacial score (nSPS) is 21.1. The number of nitro groups is 2. The fourth-order valence-corrected chi connectivity index (χ4v) is 4.74. The number of imide groups is 1. The lowest BCUT2D eigenvalue weighted by Crippen LogP contribution is -2.52. The van der Waals surface area contributed by atoms with Crippen molar-refractivity contribution in [3.63, 3.8) is 0 Å². The zero-order valence-electron chi connectivity index (χ0n) is 19.2. The van der Waals surface area contributed by atoms with Gasteiger partial charge in [0.05, 0.1) is 21.7 Å². The molecule has 0 radical (unpaired) electrons. The number of benzene rings is 2. The maximum atomic E-state index is 13.5. The molecular weight excluding hydrogens is 472 g/mol. The van der Waals surface area contributed by atoms with E-state index in [0.29, 0.717) is 17.9 Å². The summed E-state index contributed by atoms with van der Waals surface area (Å²) in [6.45, 7) is 1.26. The van der Waals surface area contributed by atoms with Gasteiger partial charge in [0.15, 0.2) is 5.78 Å². The second-order valence-electron chi connectivity index (χ2n) is 9.02. The van der Waals surface area contributed by atoms with Crippen LogP contribution in [0.15, 0.2) is 48.5 Å². The molecule has 1 aliphatic carbocycles. The standard InChI is InChI=1S/C24H22N4O8/c1-14-5-10-19-20(11-14)24(32)26(23(19)31)25(22(30)16-3-2-4-18(12-16)28(35)36)13-21(29)15-6-8-17(9-7-15)27(33)34/h2-4,6-9,12,14,19-20H,5,10-11,13H2,1H3/t14-,19+,20+/m1/s1. The van der Waals surface area contributed by atoms with Crippen LogP contribution in [0, 0.1) is 38.0 Å². The maximum absolute atomic E-state index is 13.5. The zero-order chi connectivity index (χ0) is 26.1. The molecule has 1 heterocycles. The molecular formula is C24H22N4O8. The fraction of sp³-hybridized carbons (Fsp3) is 0.333. The summed E-state index contributed by atoms with van der Waals surface area (Å²) in [6.07, 6.45) is 1.69. The minimum atomic E-state index is -0.928. The quantitative estimate of drug-likeness (QED) is 0.245. The molecule has 186 valence electrons. The molecule has 0 unspecified atom stereocenters. The Morgan fingerprint density at radius 3 is 2.19 bits per heavy atom. The predicted molar refractivity (Wildman–Crippen MR) is 123 cm³/mol. The van der Waals surface area contributed by atoms with E-state index < -0.39 is 51.7 Å². The van der Waals surface area contributed by atoms with E-state index in [2.05, 4.69) is 0 Å². The second kappa shape index (κ2) is 9.64. The third-order valence-corrected chi connectivity index (χ3v) is 6.64. The van der Waals surface area contributed by atoms with Gasteiger partial charge in [0.1, 0.15) is 6.54 Å². The van der Waals surface area contributed by atoms with Gasteiger partial charge in [-0.05, 0) is 43.4 Å². The predicted octanol–water partition coefficient (Wildman–Crippen LogP) is 3.16. The Bertz CT molecular complexity index is 1280. The van der Waals surface area contributed by atoms with Crippen LogP contribution in [-0.2, 0) is 9.59 Å². The Labute approximate surface area is 204 Å². The Morgan fingerprint density at radius 2 is 1.56 bits per heavy atom. The summed E-state index contributed by atoms with van der Waals surface area (Å²) in [5.41, 5.74) is -0.754. The van der Waals surface area contributed by atoms with Crippen LogP contribution in [-0.4, -0.2) is 49.9 Å². The highest BCUT2D eigenvalue weighted by Gasteiger charge is 2.52. The molecule has 2 aliphatic rings. The van der Waals surface area contributed by atoms with Crippen LogP contribution < -0.4 is 0 Å². The molecule has 2 aromatic rings. The van der Waals surface area contributed by atoms with Crippen LogP contribution in [0.25, 0.3) is 0 Å². The van der Waals surface area contributed by atoms with Crippen molar-refractivity contribution in [1.29, 1.82) is 0 Å². The first-order valence-corrected chi connectivity index (χ1v) is 11.3. The number of nitro benzene ring substituents is 2. The van der Waals surface area contributed by atoms with E-state index in [1.54, 1.807) is 0 Å². The van der Waals surface area contributed by atoms with Crippen molar-refractivity contribution in [2.75, 3.05) is 6.54 Å². The number of hydrazine groups is 1. The number of ketones is 1. The molecule has 2 fully saturated rings. The number of rotatable bonds is 7. The molecule has 36 heavy (non-hydrogen) atoms.